The van der Waals surface area contributed by atoms with Crippen molar-refractivity contribution >= 4 is 11.9 Å². The second-order valence-corrected chi connectivity index (χ2v) is 8.46. The van der Waals surface area contributed by atoms with Crippen molar-refractivity contribution in [3.63, 3.8) is 0 Å². The minimum absolute atomic E-state index is 0.0678. The van der Waals surface area contributed by atoms with Gasteiger partial charge in [-0.2, -0.15) is 0 Å². The molecule has 4 rings (SSSR count). The maximum absolute atomic E-state index is 12.8. The lowest BCUT2D eigenvalue weighted by molar-refractivity contribution is 0.255. The fourth-order valence-electron chi connectivity index (χ4n) is 3.81. The molecule has 0 bridgehead atoms. The number of unbranched alkanes of at least 4 members (excludes halogenated alkanes) is 1. The lowest BCUT2D eigenvalue weighted by Crippen LogP contribution is -2.29. The summed E-state index contributed by atoms with van der Waals surface area (Å²) in [6.45, 7) is 8.52. The molecule has 0 aliphatic carbocycles. The molecule has 1 fully saturated rings. The van der Waals surface area contributed by atoms with E-state index in [1.54, 1.807) is 10.5 Å². The van der Waals surface area contributed by atoms with E-state index >= 15 is 0 Å². The normalized spacial score (nSPS) is 14.8. The standard InChI is InChI=1S/C22H24N4O.C4H10/c1-15-3-4-17(11-19(15)13-23)20-12-22(27)26-14-18(5-6-21(26)24-20)16-7-9-25(2)10-8-16;1-3-4-2/h3-6,11-14,16,23H,7-10H2,1-2H3;3-4H2,1-2H3. The molecule has 0 spiro atoms. The zero-order chi connectivity index (χ0) is 22.4. The minimum Gasteiger partial charge on any atom is -0.308 e. The Labute approximate surface area is 185 Å². The third-order valence-electron chi connectivity index (χ3n) is 6.10. The fourth-order valence-corrected chi connectivity index (χ4v) is 3.81. The van der Waals surface area contributed by atoms with Gasteiger partial charge in [-0.3, -0.25) is 9.20 Å². The number of nitrogens with one attached hydrogen (secondary N) is 1. The van der Waals surface area contributed by atoms with Crippen LogP contribution in [0.1, 0.15) is 62.1 Å². The lowest BCUT2D eigenvalue weighted by Gasteiger charge is -2.29. The predicted molar refractivity (Wildman–Crippen MR) is 130 cm³/mol. The second kappa shape index (κ2) is 10.5. The molecule has 5 heteroatoms. The molecule has 0 radical (unpaired) electrons. The van der Waals surface area contributed by atoms with Crippen molar-refractivity contribution in [3.05, 3.63) is 69.6 Å². The van der Waals surface area contributed by atoms with Crippen LogP contribution in [-0.4, -0.2) is 40.6 Å². The number of nitrogens with zero attached hydrogens (tertiary/aromatic N) is 3. The number of hydrogen-bond acceptors (Lipinski definition) is 4. The lowest BCUT2D eigenvalue weighted by atomic mass is 9.91. The van der Waals surface area contributed by atoms with Crippen molar-refractivity contribution in [2.45, 2.75) is 52.4 Å². The van der Waals surface area contributed by atoms with Crippen LogP contribution in [0.5, 0.6) is 0 Å². The van der Waals surface area contributed by atoms with Gasteiger partial charge >= 0.3 is 0 Å². The van der Waals surface area contributed by atoms with Crippen molar-refractivity contribution in [2.24, 2.45) is 0 Å². The van der Waals surface area contributed by atoms with Gasteiger partial charge in [0.05, 0.1) is 5.69 Å². The number of aromatic nitrogens is 2. The van der Waals surface area contributed by atoms with Crippen LogP contribution in [0.15, 0.2) is 47.4 Å². The van der Waals surface area contributed by atoms with Gasteiger partial charge in [-0.05, 0) is 74.6 Å². The molecule has 1 saturated heterocycles. The van der Waals surface area contributed by atoms with Crippen LogP contribution in [0.2, 0.25) is 0 Å². The number of piperidine rings is 1. The highest BCUT2D eigenvalue weighted by Gasteiger charge is 2.19. The molecular formula is C26H34N4O. The number of benzene rings is 1. The van der Waals surface area contributed by atoms with Gasteiger partial charge in [-0.1, -0.05) is 44.9 Å². The summed E-state index contributed by atoms with van der Waals surface area (Å²) in [6, 6.07) is 11.5. The summed E-state index contributed by atoms with van der Waals surface area (Å²) < 4.78 is 1.66. The largest absolute Gasteiger partial charge is 0.308 e. The van der Waals surface area contributed by atoms with Crippen molar-refractivity contribution in [1.29, 1.82) is 5.41 Å². The molecule has 3 heterocycles. The zero-order valence-corrected chi connectivity index (χ0v) is 19.2. The molecule has 2 aromatic heterocycles. The molecule has 0 unspecified atom stereocenters. The first-order valence-electron chi connectivity index (χ1n) is 11.3. The summed E-state index contributed by atoms with van der Waals surface area (Å²) >= 11 is 0. The fraction of sp³-hybridized carbons (Fsp3) is 0.423. The van der Waals surface area contributed by atoms with Crippen molar-refractivity contribution in [3.8, 4) is 11.3 Å². The van der Waals surface area contributed by atoms with E-state index in [4.69, 9.17) is 5.41 Å². The molecule has 0 amide bonds. The van der Waals surface area contributed by atoms with Crippen molar-refractivity contribution < 1.29 is 0 Å². The van der Waals surface area contributed by atoms with Crippen LogP contribution in [-0.2, 0) is 0 Å². The Balaban J connectivity index is 0.000000628. The Morgan fingerprint density at radius 1 is 1.10 bits per heavy atom. The van der Waals surface area contributed by atoms with Crippen LogP contribution in [0.25, 0.3) is 16.9 Å². The summed E-state index contributed by atoms with van der Waals surface area (Å²) in [5, 5.41) is 7.54. The smallest absolute Gasteiger partial charge is 0.258 e. The molecule has 5 nitrogen and oxygen atoms in total. The van der Waals surface area contributed by atoms with E-state index in [0.29, 0.717) is 17.3 Å². The van der Waals surface area contributed by atoms with E-state index in [-0.39, 0.29) is 5.56 Å². The molecule has 31 heavy (non-hydrogen) atoms. The third-order valence-corrected chi connectivity index (χ3v) is 6.10. The molecule has 0 atom stereocenters. The van der Waals surface area contributed by atoms with E-state index in [0.717, 1.165) is 42.6 Å². The highest BCUT2D eigenvalue weighted by atomic mass is 16.1. The van der Waals surface area contributed by atoms with E-state index in [1.165, 1.54) is 24.6 Å². The third kappa shape index (κ3) is 5.47. The number of aryl methyl sites for hydroxylation is 1. The highest BCUT2D eigenvalue weighted by Crippen LogP contribution is 2.27. The molecular weight excluding hydrogens is 384 g/mol. The first-order chi connectivity index (χ1) is 15.0. The van der Waals surface area contributed by atoms with Gasteiger partial charge in [0.25, 0.3) is 5.56 Å². The highest BCUT2D eigenvalue weighted by molar-refractivity contribution is 5.82. The molecule has 3 aromatic rings. The second-order valence-electron chi connectivity index (χ2n) is 8.46. The Kier molecular flexibility index (Phi) is 7.75. The topological polar surface area (TPSA) is 61.5 Å². The van der Waals surface area contributed by atoms with Crippen LogP contribution in [0.3, 0.4) is 0 Å². The maximum atomic E-state index is 12.8. The summed E-state index contributed by atoms with van der Waals surface area (Å²) in [6.07, 6.45) is 8.18. The monoisotopic (exact) mass is 418 g/mol. The minimum atomic E-state index is -0.0678. The van der Waals surface area contributed by atoms with Gasteiger partial charge in [0, 0.05) is 24.0 Å². The first-order valence-corrected chi connectivity index (χ1v) is 11.3. The van der Waals surface area contributed by atoms with Gasteiger partial charge in [0.1, 0.15) is 5.65 Å². The van der Waals surface area contributed by atoms with Crippen molar-refractivity contribution in [2.75, 3.05) is 20.1 Å². The zero-order valence-electron chi connectivity index (χ0n) is 19.2. The van der Waals surface area contributed by atoms with Gasteiger partial charge in [0.15, 0.2) is 0 Å². The molecule has 1 aromatic carbocycles. The Bertz CT molecular complexity index is 1090. The van der Waals surface area contributed by atoms with Crippen LogP contribution < -0.4 is 5.56 Å². The van der Waals surface area contributed by atoms with Crippen LogP contribution in [0.4, 0.5) is 0 Å². The number of pyridine rings is 1. The Hall–Kier alpha value is -2.79. The van der Waals surface area contributed by atoms with Gasteiger partial charge in [-0.15, -0.1) is 0 Å². The number of likely N-dealkylation sites (tertiary alicyclic amines) is 1. The number of rotatable bonds is 4. The predicted octanol–water partition coefficient (Wildman–Crippen LogP) is 5.28. The van der Waals surface area contributed by atoms with E-state index in [2.05, 4.69) is 36.8 Å². The SMILES string of the molecule is CCCC.Cc1ccc(-c2cc(=O)n3cc(C4CCN(C)CC4)ccc3n2)cc1C=N. The number of hydrogen-bond donors (Lipinski definition) is 1. The van der Waals surface area contributed by atoms with Crippen LogP contribution in [0, 0.1) is 12.3 Å². The van der Waals surface area contributed by atoms with E-state index in [1.807, 2.05) is 37.4 Å². The average Bonchev–Trinajstić information content (AvgIpc) is 2.80. The quantitative estimate of drug-likeness (QED) is 0.586. The maximum Gasteiger partial charge on any atom is 0.258 e. The van der Waals surface area contributed by atoms with Gasteiger partial charge in [0.2, 0.25) is 0 Å². The first kappa shape index (κ1) is 22.9. The number of fused-ring (bicyclic) bond motifs is 1. The summed E-state index contributed by atoms with van der Waals surface area (Å²) in [5.74, 6) is 0.504. The molecule has 164 valence electrons. The summed E-state index contributed by atoms with van der Waals surface area (Å²) in [7, 11) is 2.15. The van der Waals surface area contributed by atoms with E-state index in [9.17, 15) is 4.79 Å². The van der Waals surface area contributed by atoms with Crippen LogP contribution >= 0.6 is 0 Å². The molecule has 1 aliphatic rings. The summed E-state index contributed by atoms with van der Waals surface area (Å²) in [5.41, 5.74) is 5.19. The molecule has 1 aliphatic heterocycles. The van der Waals surface area contributed by atoms with E-state index < -0.39 is 0 Å². The molecule has 0 saturated carbocycles. The summed E-state index contributed by atoms with van der Waals surface area (Å²) in [4.78, 5) is 19.8. The Morgan fingerprint density at radius 3 is 2.45 bits per heavy atom. The van der Waals surface area contributed by atoms with Crippen molar-refractivity contribution in [1.82, 2.24) is 14.3 Å². The Morgan fingerprint density at radius 2 is 1.81 bits per heavy atom. The van der Waals surface area contributed by atoms with Gasteiger partial charge in [-0.25, -0.2) is 4.98 Å². The van der Waals surface area contributed by atoms with Gasteiger partial charge < -0.3 is 10.3 Å². The molecule has 1 N–H and O–H groups in total. The average molecular weight is 419 g/mol.